The fourth-order valence-corrected chi connectivity index (χ4v) is 3.57. The van der Waals surface area contributed by atoms with Crippen LogP contribution >= 0.6 is 0 Å². The molecule has 1 aliphatic carbocycles. The van der Waals surface area contributed by atoms with E-state index < -0.39 is 29.7 Å². The van der Waals surface area contributed by atoms with Gasteiger partial charge in [0.1, 0.15) is 11.9 Å². The summed E-state index contributed by atoms with van der Waals surface area (Å²) in [5, 5.41) is 2.63. The lowest BCUT2D eigenvalue weighted by atomic mass is 10.1. The molecule has 155 valence electrons. The van der Waals surface area contributed by atoms with Crippen LogP contribution < -0.4 is 16.6 Å². The van der Waals surface area contributed by atoms with Gasteiger partial charge >= 0.3 is 0 Å². The summed E-state index contributed by atoms with van der Waals surface area (Å²) in [6.07, 6.45) is 4.55. The highest BCUT2D eigenvalue weighted by molar-refractivity contribution is 5.96. The number of benzene rings is 1. The molecule has 2 fully saturated rings. The number of hydrogen-bond acceptors (Lipinski definition) is 4. The van der Waals surface area contributed by atoms with Crippen molar-refractivity contribution in [1.29, 1.82) is 0 Å². The largest absolute Gasteiger partial charge is 0.368 e. The maximum absolute atomic E-state index is 14.6. The highest BCUT2D eigenvalue weighted by Crippen LogP contribution is 2.33. The smallest absolute Gasteiger partial charge is 0.255 e. The van der Waals surface area contributed by atoms with E-state index >= 15 is 0 Å². The molecule has 2 aromatic rings. The summed E-state index contributed by atoms with van der Waals surface area (Å²) in [7, 11) is 0. The average Bonchev–Trinajstić information content (AvgIpc) is 3.47. The Balaban J connectivity index is 1.48. The number of primary amides is 1. The third kappa shape index (κ3) is 3.83. The van der Waals surface area contributed by atoms with Gasteiger partial charge in [0.05, 0.1) is 17.3 Å². The number of nitrogens with one attached hydrogen (secondary N) is 1. The standard InChI is InChI=1S/C21H20FN4O4/c22-16-10-14(25-8-2-1-3-18(25)27)6-7-15(16)20(29)24-13-9-17(19(23)28)26(11-13)21(30)12-4-5-12/h1-3,6-10,12-13,17H,4-5,11H2,(H2,23,28)(H,24,29). The number of nitrogens with zero attached hydrogens (tertiary/aromatic N) is 2. The van der Waals surface area contributed by atoms with E-state index in [9.17, 15) is 23.6 Å². The Kier molecular flexibility index (Phi) is 5.11. The first-order chi connectivity index (χ1) is 14.3. The highest BCUT2D eigenvalue weighted by atomic mass is 19.1. The van der Waals surface area contributed by atoms with Crippen molar-refractivity contribution >= 4 is 17.7 Å². The van der Waals surface area contributed by atoms with Gasteiger partial charge in [0.15, 0.2) is 0 Å². The Bertz CT molecular complexity index is 1080. The number of rotatable bonds is 5. The second-order valence-electron chi connectivity index (χ2n) is 7.46. The summed E-state index contributed by atoms with van der Waals surface area (Å²) in [6, 6.07) is 6.88. The van der Waals surface area contributed by atoms with Crippen LogP contribution in [0.4, 0.5) is 4.39 Å². The van der Waals surface area contributed by atoms with E-state index in [1.807, 2.05) is 0 Å². The Morgan fingerprint density at radius 2 is 1.90 bits per heavy atom. The van der Waals surface area contributed by atoms with Crippen molar-refractivity contribution in [3.05, 3.63) is 70.8 Å². The quantitative estimate of drug-likeness (QED) is 0.741. The fraction of sp³-hybridized carbons (Fsp3) is 0.286. The minimum Gasteiger partial charge on any atom is -0.368 e. The van der Waals surface area contributed by atoms with E-state index in [0.717, 1.165) is 18.9 Å². The molecule has 0 spiro atoms. The van der Waals surface area contributed by atoms with E-state index in [-0.39, 0.29) is 35.2 Å². The summed E-state index contributed by atoms with van der Waals surface area (Å²) < 4.78 is 15.8. The molecule has 8 nitrogen and oxygen atoms in total. The Hall–Kier alpha value is -3.49. The summed E-state index contributed by atoms with van der Waals surface area (Å²) in [5.41, 5.74) is 5.15. The molecule has 1 saturated carbocycles. The highest BCUT2D eigenvalue weighted by Gasteiger charge is 2.44. The van der Waals surface area contributed by atoms with Gasteiger partial charge in [-0.3, -0.25) is 23.7 Å². The number of carbonyl (C=O) groups is 3. The fourth-order valence-electron chi connectivity index (χ4n) is 3.57. The molecule has 3 N–H and O–H groups in total. The molecule has 0 bridgehead atoms. The molecule has 9 heteroatoms. The molecule has 30 heavy (non-hydrogen) atoms. The molecule has 1 aliphatic heterocycles. The molecule has 2 atom stereocenters. The molecule has 2 aliphatic rings. The third-order valence-electron chi connectivity index (χ3n) is 5.26. The van der Waals surface area contributed by atoms with Crippen LogP contribution in [0.2, 0.25) is 0 Å². The van der Waals surface area contributed by atoms with Crippen LogP contribution in [0.5, 0.6) is 0 Å². The lowest BCUT2D eigenvalue weighted by Crippen LogP contribution is -2.44. The molecular formula is C21H20FN4O4. The van der Waals surface area contributed by atoms with Gasteiger partial charge < -0.3 is 16.0 Å². The van der Waals surface area contributed by atoms with Crippen LogP contribution in [0.3, 0.4) is 0 Å². The Morgan fingerprint density at radius 1 is 1.13 bits per heavy atom. The van der Waals surface area contributed by atoms with Crippen LogP contribution in [0.15, 0.2) is 47.4 Å². The van der Waals surface area contributed by atoms with Gasteiger partial charge in [-0.25, -0.2) is 4.39 Å². The van der Waals surface area contributed by atoms with Gasteiger partial charge in [0, 0.05) is 31.1 Å². The van der Waals surface area contributed by atoms with Crippen molar-refractivity contribution in [2.24, 2.45) is 11.7 Å². The second kappa shape index (κ2) is 7.74. The maximum Gasteiger partial charge on any atom is 0.255 e. The summed E-state index contributed by atoms with van der Waals surface area (Å²) in [6.45, 7) is 0.105. The first kappa shape index (κ1) is 19.8. The number of nitrogens with two attached hydrogens (primary N) is 1. The van der Waals surface area contributed by atoms with Crippen molar-refractivity contribution in [2.45, 2.75) is 24.9 Å². The van der Waals surface area contributed by atoms with Gasteiger partial charge in [0.25, 0.3) is 11.5 Å². The lowest BCUT2D eigenvalue weighted by Gasteiger charge is -2.21. The molecule has 1 aromatic carbocycles. The van der Waals surface area contributed by atoms with Crippen LogP contribution in [-0.2, 0) is 9.59 Å². The number of carbonyl (C=O) groups excluding carboxylic acids is 3. The van der Waals surface area contributed by atoms with Crippen LogP contribution in [0.25, 0.3) is 5.69 Å². The van der Waals surface area contributed by atoms with E-state index in [4.69, 9.17) is 5.73 Å². The molecule has 4 rings (SSSR count). The van der Waals surface area contributed by atoms with E-state index in [1.165, 1.54) is 40.3 Å². The molecule has 3 amide bonds. The van der Waals surface area contributed by atoms with Gasteiger partial charge in [-0.2, -0.15) is 0 Å². The van der Waals surface area contributed by atoms with Crippen molar-refractivity contribution in [3.63, 3.8) is 0 Å². The number of aromatic nitrogens is 1. The van der Waals surface area contributed by atoms with Crippen LogP contribution in [0.1, 0.15) is 23.2 Å². The van der Waals surface area contributed by atoms with Crippen LogP contribution in [-0.4, -0.2) is 45.8 Å². The zero-order valence-corrected chi connectivity index (χ0v) is 16.0. The first-order valence-corrected chi connectivity index (χ1v) is 9.58. The zero-order valence-electron chi connectivity index (χ0n) is 16.0. The molecule has 2 heterocycles. The maximum atomic E-state index is 14.6. The van der Waals surface area contributed by atoms with Gasteiger partial charge in [-0.15, -0.1) is 0 Å². The summed E-state index contributed by atoms with van der Waals surface area (Å²) in [5.74, 6) is -2.41. The Labute approximate surface area is 171 Å². The number of halogens is 1. The topological polar surface area (TPSA) is 114 Å². The number of pyridine rings is 1. The Morgan fingerprint density at radius 3 is 2.53 bits per heavy atom. The van der Waals surface area contributed by atoms with Crippen molar-refractivity contribution in [2.75, 3.05) is 6.54 Å². The second-order valence-corrected chi connectivity index (χ2v) is 7.46. The van der Waals surface area contributed by atoms with E-state index in [0.29, 0.717) is 0 Å². The lowest BCUT2D eigenvalue weighted by molar-refractivity contribution is -0.137. The molecule has 1 saturated heterocycles. The SMILES string of the molecule is NC(=O)C1[CH]C(NC(=O)c2ccc(-n3ccccc3=O)cc2F)CN1C(=O)C1CC1. The molecule has 1 aromatic heterocycles. The predicted molar refractivity (Wildman–Crippen MR) is 105 cm³/mol. The van der Waals surface area contributed by atoms with Crippen molar-refractivity contribution in [1.82, 2.24) is 14.8 Å². The van der Waals surface area contributed by atoms with E-state index in [2.05, 4.69) is 5.32 Å². The normalized spacial score (nSPS) is 20.8. The minimum atomic E-state index is -0.902. The minimum absolute atomic E-state index is 0.0962. The summed E-state index contributed by atoms with van der Waals surface area (Å²) in [4.78, 5) is 49.9. The van der Waals surface area contributed by atoms with Gasteiger partial charge in [0.2, 0.25) is 11.8 Å². The average molecular weight is 411 g/mol. The number of hydrogen-bond donors (Lipinski definition) is 2. The van der Waals surface area contributed by atoms with Gasteiger partial charge in [-0.05, 0) is 37.1 Å². The first-order valence-electron chi connectivity index (χ1n) is 9.58. The zero-order chi connectivity index (χ0) is 21.4. The van der Waals surface area contributed by atoms with Crippen LogP contribution in [0, 0.1) is 18.2 Å². The van der Waals surface area contributed by atoms with E-state index in [1.54, 1.807) is 12.1 Å². The number of amides is 3. The molecule has 2 unspecified atom stereocenters. The van der Waals surface area contributed by atoms with Gasteiger partial charge in [-0.1, -0.05) is 6.07 Å². The monoisotopic (exact) mass is 411 g/mol. The third-order valence-corrected chi connectivity index (χ3v) is 5.26. The molecular weight excluding hydrogens is 391 g/mol. The summed E-state index contributed by atoms with van der Waals surface area (Å²) >= 11 is 0. The predicted octanol–water partition coefficient (Wildman–Crippen LogP) is 0.385. The van der Waals surface area contributed by atoms with Crippen molar-refractivity contribution < 1.29 is 18.8 Å². The molecule has 1 radical (unpaired) electrons. The number of likely N-dealkylation sites (tertiary alicyclic amines) is 1. The van der Waals surface area contributed by atoms with Crippen molar-refractivity contribution in [3.8, 4) is 5.69 Å².